The maximum Gasteiger partial charge on any atom is 1.00 e. The fourth-order valence-electron chi connectivity index (χ4n) is 0. The van der Waals surface area contributed by atoms with Gasteiger partial charge in [0.1, 0.15) is 0 Å². The van der Waals surface area contributed by atoms with Crippen molar-refractivity contribution in [1.29, 1.82) is 0 Å². The second kappa shape index (κ2) is 22.5. The smallest absolute Gasteiger partial charge is 0.784 e. The monoisotopic (exact) mass is 222 g/mol. The van der Waals surface area contributed by atoms with E-state index in [1.807, 2.05) is 0 Å². The van der Waals surface area contributed by atoms with Crippen LogP contribution in [0.4, 0.5) is 0 Å². The van der Waals surface area contributed by atoms with Gasteiger partial charge in [-0.2, -0.15) is 8.42 Å². The summed E-state index contributed by atoms with van der Waals surface area (Å²) in [6, 6.07) is 0. The first-order valence-corrected chi connectivity index (χ1v) is 2.50. The molecule has 0 aliphatic rings. The summed E-state index contributed by atoms with van der Waals surface area (Å²) < 4.78 is 41.9. The van der Waals surface area contributed by atoms with Crippen molar-refractivity contribution in [2.24, 2.45) is 0 Å². The first kappa shape index (κ1) is 22.7. The van der Waals surface area contributed by atoms with Crippen molar-refractivity contribution in [1.82, 2.24) is 0 Å². The van der Waals surface area contributed by atoms with E-state index in [2.05, 4.69) is 0 Å². The first-order valence-electron chi connectivity index (χ1n) is 0.833. The van der Waals surface area contributed by atoms with E-state index in [4.69, 9.17) is 21.7 Å². The Morgan fingerprint density at radius 3 is 1.11 bits per heavy atom. The molecule has 0 fully saturated rings. The molecular formula is K2O5S2. The van der Waals surface area contributed by atoms with Gasteiger partial charge in [-0.05, 0) is 0 Å². The first-order chi connectivity index (χ1) is 3.15. The summed E-state index contributed by atoms with van der Waals surface area (Å²) in [6.07, 6.45) is 0. The van der Waals surface area contributed by atoms with Crippen LogP contribution in [0.3, 0.4) is 0 Å². The van der Waals surface area contributed by atoms with Crippen LogP contribution in [-0.2, 0) is 22.9 Å². The third-order valence-electron chi connectivity index (χ3n) is 0. The van der Waals surface area contributed by atoms with E-state index >= 15 is 0 Å². The van der Waals surface area contributed by atoms with Gasteiger partial charge in [-0.25, -0.2) is 0 Å². The topological polar surface area (TPSA) is 97.3 Å². The average molecular weight is 222 g/mol. The van der Waals surface area contributed by atoms with Gasteiger partial charge in [0.05, 0.1) is 0 Å². The summed E-state index contributed by atoms with van der Waals surface area (Å²) in [5.41, 5.74) is 0. The van der Waals surface area contributed by atoms with E-state index in [9.17, 15) is 0 Å². The van der Waals surface area contributed by atoms with Crippen LogP contribution in [0, 0.1) is 0 Å². The number of rotatable bonds is 0. The van der Waals surface area contributed by atoms with Crippen molar-refractivity contribution in [2.75, 3.05) is 0 Å². The molecule has 0 unspecified atom stereocenters. The summed E-state index contributed by atoms with van der Waals surface area (Å²) in [6.45, 7) is 0. The van der Waals surface area contributed by atoms with Crippen molar-refractivity contribution in [3.05, 3.63) is 0 Å². The molecule has 0 aromatic carbocycles. The molecule has 0 radical (unpaired) electrons. The maximum atomic E-state index is 8.44. The van der Waals surface area contributed by atoms with Gasteiger partial charge in [0.2, 0.25) is 0 Å². The molecule has 9 heteroatoms. The third kappa shape index (κ3) is 93.7. The van der Waals surface area contributed by atoms with Gasteiger partial charge in [-0.3, -0.25) is 4.21 Å². The Bertz CT molecular complexity index is 81.0. The minimum absolute atomic E-state index is 0. The van der Waals surface area contributed by atoms with E-state index in [0.29, 0.717) is 0 Å². The Balaban J connectivity index is -0.0000000233. The zero-order chi connectivity index (χ0) is 6.28. The van der Waals surface area contributed by atoms with E-state index in [-0.39, 0.29) is 103 Å². The molecule has 0 spiro atoms. The summed E-state index contributed by atoms with van der Waals surface area (Å²) >= 11 is -3.86. The predicted molar refractivity (Wildman–Crippen MR) is 18.6 cm³/mol. The van der Waals surface area contributed by atoms with Crippen LogP contribution < -0.4 is 103 Å². The molecule has 44 valence electrons. The second-order valence-electron chi connectivity index (χ2n) is 0.272. The fraction of sp³-hybridized carbons (Fsp3) is 0. The molecule has 0 N–H and O–H groups in total. The predicted octanol–water partition coefficient (Wildman–Crippen LogP) is -7.67. The molecule has 0 amide bonds. The van der Waals surface area contributed by atoms with Crippen LogP contribution in [0.1, 0.15) is 0 Å². The summed E-state index contributed by atoms with van der Waals surface area (Å²) in [5.74, 6) is 0. The summed E-state index contributed by atoms with van der Waals surface area (Å²) in [5, 5.41) is 0. The molecule has 0 aromatic rings. The number of hydrogen-bond acceptors (Lipinski definition) is 5. The van der Waals surface area contributed by atoms with Crippen LogP contribution in [-0.4, -0.2) is 21.7 Å². The van der Waals surface area contributed by atoms with Crippen molar-refractivity contribution in [2.45, 2.75) is 0 Å². The van der Waals surface area contributed by atoms with Gasteiger partial charge < -0.3 is 9.11 Å². The summed E-state index contributed by atoms with van der Waals surface area (Å²) in [7, 11) is 0. The third-order valence-corrected chi connectivity index (χ3v) is 0. The van der Waals surface area contributed by atoms with Gasteiger partial charge in [0.25, 0.3) is 0 Å². The van der Waals surface area contributed by atoms with Crippen molar-refractivity contribution < 1.29 is 125 Å². The van der Waals surface area contributed by atoms with Gasteiger partial charge in [0, 0.05) is 0 Å². The zero-order valence-corrected chi connectivity index (χ0v) is 12.7. The normalized spacial score (nSPS) is 5.22. The molecule has 5 nitrogen and oxygen atoms in total. The minimum Gasteiger partial charge on any atom is -0.784 e. The van der Waals surface area contributed by atoms with E-state index in [1.54, 1.807) is 0 Å². The molecule has 0 bridgehead atoms. The Morgan fingerprint density at radius 2 is 1.11 bits per heavy atom. The second-order valence-corrected chi connectivity index (χ2v) is 0.816. The van der Waals surface area contributed by atoms with Crippen LogP contribution in [0.5, 0.6) is 0 Å². The molecule has 9 heavy (non-hydrogen) atoms. The molecule has 0 heterocycles. The van der Waals surface area contributed by atoms with Gasteiger partial charge in [-0.1, -0.05) is 0 Å². The quantitative estimate of drug-likeness (QED) is 0.299. The van der Waals surface area contributed by atoms with Gasteiger partial charge in [0.15, 0.2) is 0 Å². The van der Waals surface area contributed by atoms with E-state index < -0.39 is 22.9 Å². The molecule has 0 aliphatic carbocycles. The molecule has 0 saturated carbocycles. The Hall–Kier alpha value is 3.16. The standard InChI is InChI=1S/2K.H2O3S.O2S/c;;1-4(2)3;1-3-2/h;;(H2,1,2,3);/q2*+1;;/p-2. The van der Waals surface area contributed by atoms with Crippen LogP contribution in [0.25, 0.3) is 0 Å². The summed E-state index contributed by atoms with van der Waals surface area (Å²) in [4.78, 5) is 0. The Morgan fingerprint density at radius 1 is 1.11 bits per heavy atom. The average Bonchev–Trinajstić information content (AvgIpc) is 1.33. The fourth-order valence-corrected chi connectivity index (χ4v) is 0. The molecule has 0 rings (SSSR count). The molecular weight excluding hydrogens is 222 g/mol. The molecule has 0 atom stereocenters. The van der Waals surface area contributed by atoms with Crippen molar-refractivity contribution >= 4 is 22.9 Å². The Labute approximate surface area is 143 Å². The maximum absolute atomic E-state index is 8.44. The van der Waals surface area contributed by atoms with Crippen LogP contribution in [0.2, 0.25) is 0 Å². The van der Waals surface area contributed by atoms with Crippen molar-refractivity contribution in [3.8, 4) is 0 Å². The van der Waals surface area contributed by atoms with E-state index in [1.165, 1.54) is 0 Å². The van der Waals surface area contributed by atoms with Gasteiger partial charge >= 0.3 is 114 Å². The van der Waals surface area contributed by atoms with Crippen LogP contribution >= 0.6 is 0 Å². The zero-order valence-electron chi connectivity index (χ0n) is 4.86. The Kier molecular flexibility index (Phi) is 56.8. The molecule has 0 aliphatic heterocycles. The number of hydrogen-bond donors (Lipinski definition) is 0. The van der Waals surface area contributed by atoms with Gasteiger partial charge in [-0.15, -0.1) is 11.4 Å². The van der Waals surface area contributed by atoms with Crippen molar-refractivity contribution in [3.63, 3.8) is 0 Å². The van der Waals surface area contributed by atoms with Crippen LogP contribution in [0.15, 0.2) is 0 Å². The SMILES string of the molecule is O=S([O-])[O-].O=S=O.[K+].[K+]. The minimum atomic E-state index is -3.11. The largest absolute Gasteiger partial charge is 1.00 e. The molecule has 0 aromatic heterocycles. The molecule has 0 saturated heterocycles. The van der Waals surface area contributed by atoms with E-state index in [0.717, 1.165) is 0 Å².